The molecule has 0 fully saturated rings. The fourth-order valence-corrected chi connectivity index (χ4v) is 2.12. The van der Waals surface area contributed by atoms with Crippen molar-refractivity contribution in [1.29, 1.82) is 0 Å². The van der Waals surface area contributed by atoms with E-state index in [0.29, 0.717) is 12.0 Å². The van der Waals surface area contributed by atoms with Gasteiger partial charge in [0.25, 0.3) is 5.91 Å². The maximum absolute atomic E-state index is 12.1. The van der Waals surface area contributed by atoms with Crippen molar-refractivity contribution in [1.82, 2.24) is 5.32 Å². The molecule has 0 bridgehead atoms. The molecule has 4 nitrogen and oxygen atoms in total. The molecule has 1 atom stereocenters. The van der Waals surface area contributed by atoms with Crippen LogP contribution in [-0.4, -0.2) is 23.0 Å². The number of carboxylic acids is 1. The molecule has 0 radical (unpaired) electrons. The van der Waals surface area contributed by atoms with E-state index in [1.807, 2.05) is 32.9 Å². The molecule has 1 aromatic rings. The van der Waals surface area contributed by atoms with Crippen molar-refractivity contribution in [2.24, 2.45) is 0 Å². The zero-order valence-electron chi connectivity index (χ0n) is 11.7. The minimum atomic E-state index is -0.889. The van der Waals surface area contributed by atoms with E-state index in [4.69, 9.17) is 5.11 Å². The highest BCUT2D eigenvalue weighted by Gasteiger charge is 2.17. The van der Waals surface area contributed by atoms with Crippen molar-refractivity contribution in [2.75, 3.05) is 0 Å². The first-order chi connectivity index (χ1) is 8.93. The maximum atomic E-state index is 12.1. The summed E-state index contributed by atoms with van der Waals surface area (Å²) in [4.78, 5) is 22.9. The van der Waals surface area contributed by atoms with Gasteiger partial charge >= 0.3 is 5.97 Å². The fraction of sp³-hybridized carbons (Fsp3) is 0.467. The quantitative estimate of drug-likeness (QED) is 0.829. The molecule has 2 N–H and O–H groups in total. The van der Waals surface area contributed by atoms with Gasteiger partial charge in [-0.05, 0) is 31.9 Å². The van der Waals surface area contributed by atoms with Crippen LogP contribution in [0.2, 0.25) is 0 Å². The van der Waals surface area contributed by atoms with Gasteiger partial charge < -0.3 is 10.4 Å². The Kier molecular flexibility index (Phi) is 5.55. The third-order valence-corrected chi connectivity index (χ3v) is 3.02. The number of benzene rings is 1. The Balaban J connectivity index is 2.78. The first kappa shape index (κ1) is 15.2. The Bertz CT molecular complexity index is 468. The smallest absolute Gasteiger partial charge is 0.305 e. The van der Waals surface area contributed by atoms with Gasteiger partial charge in [-0.1, -0.05) is 31.0 Å². The van der Waals surface area contributed by atoms with E-state index in [-0.39, 0.29) is 18.4 Å². The minimum absolute atomic E-state index is 0.0372. The van der Waals surface area contributed by atoms with Crippen molar-refractivity contribution in [3.63, 3.8) is 0 Å². The van der Waals surface area contributed by atoms with E-state index in [1.165, 1.54) is 0 Å². The van der Waals surface area contributed by atoms with Crippen molar-refractivity contribution >= 4 is 11.9 Å². The van der Waals surface area contributed by atoms with Crippen LogP contribution in [-0.2, 0) is 4.79 Å². The second-order valence-electron chi connectivity index (χ2n) is 4.88. The van der Waals surface area contributed by atoms with Crippen molar-refractivity contribution in [3.8, 4) is 0 Å². The molecule has 0 aliphatic heterocycles. The average molecular weight is 263 g/mol. The summed E-state index contributed by atoms with van der Waals surface area (Å²) in [6, 6.07) is 5.30. The third-order valence-electron chi connectivity index (χ3n) is 3.02. The summed E-state index contributed by atoms with van der Waals surface area (Å²) in [6.45, 7) is 5.82. The highest BCUT2D eigenvalue weighted by atomic mass is 16.4. The van der Waals surface area contributed by atoms with Gasteiger partial charge in [0.1, 0.15) is 0 Å². The number of aryl methyl sites for hydroxylation is 2. The van der Waals surface area contributed by atoms with Crippen LogP contribution >= 0.6 is 0 Å². The normalized spacial score (nSPS) is 11.9. The minimum Gasteiger partial charge on any atom is -0.481 e. The second-order valence-corrected chi connectivity index (χ2v) is 4.88. The Morgan fingerprint density at radius 2 is 2.00 bits per heavy atom. The molecule has 1 aromatic carbocycles. The van der Waals surface area contributed by atoms with E-state index < -0.39 is 5.97 Å². The molecule has 0 aromatic heterocycles. The lowest BCUT2D eigenvalue weighted by Crippen LogP contribution is -2.36. The molecule has 0 spiro atoms. The van der Waals surface area contributed by atoms with Crippen LogP contribution in [0.3, 0.4) is 0 Å². The molecular weight excluding hydrogens is 242 g/mol. The third kappa shape index (κ3) is 4.73. The molecule has 4 heteroatoms. The predicted molar refractivity (Wildman–Crippen MR) is 74.3 cm³/mol. The van der Waals surface area contributed by atoms with Crippen molar-refractivity contribution in [2.45, 2.75) is 46.1 Å². The molecule has 0 aliphatic carbocycles. The number of hydrogen-bond donors (Lipinski definition) is 2. The molecule has 19 heavy (non-hydrogen) atoms. The van der Waals surface area contributed by atoms with E-state index in [9.17, 15) is 9.59 Å². The molecular formula is C15H21NO3. The van der Waals surface area contributed by atoms with Crippen LogP contribution < -0.4 is 5.32 Å². The predicted octanol–water partition coefficient (Wildman–Crippen LogP) is 2.68. The van der Waals surface area contributed by atoms with Crippen LogP contribution in [0.15, 0.2) is 18.2 Å². The number of carboxylic acid groups (broad SMARTS) is 1. The zero-order chi connectivity index (χ0) is 14.4. The SMILES string of the molecule is CCCC(CC(=O)O)NC(=O)c1ccc(C)cc1C. The topological polar surface area (TPSA) is 66.4 Å². The monoisotopic (exact) mass is 263 g/mol. The van der Waals surface area contributed by atoms with Crippen LogP contribution in [0.4, 0.5) is 0 Å². The molecule has 0 saturated heterocycles. The second kappa shape index (κ2) is 6.92. The summed E-state index contributed by atoms with van der Waals surface area (Å²) in [7, 11) is 0. The Morgan fingerprint density at radius 3 is 2.53 bits per heavy atom. The van der Waals surface area contributed by atoms with Crippen LogP contribution in [0.25, 0.3) is 0 Å². The van der Waals surface area contributed by atoms with Gasteiger partial charge in [0.15, 0.2) is 0 Å². The lowest BCUT2D eigenvalue weighted by Gasteiger charge is -2.17. The van der Waals surface area contributed by atoms with Crippen molar-refractivity contribution in [3.05, 3.63) is 34.9 Å². The summed E-state index contributed by atoms with van der Waals surface area (Å²) in [5, 5.41) is 11.6. The Hall–Kier alpha value is -1.84. The number of carbonyl (C=O) groups is 2. The zero-order valence-corrected chi connectivity index (χ0v) is 11.7. The van der Waals surface area contributed by atoms with Gasteiger partial charge in [-0.2, -0.15) is 0 Å². The first-order valence-electron chi connectivity index (χ1n) is 6.54. The van der Waals surface area contributed by atoms with Crippen LogP contribution in [0.5, 0.6) is 0 Å². The Morgan fingerprint density at radius 1 is 1.32 bits per heavy atom. The molecule has 1 unspecified atom stereocenters. The average Bonchev–Trinajstić information content (AvgIpc) is 2.27. The molecule has 0 aliphatic rings. The maximum Gasteiger partial charge on any atom is 0.305 e. The highest BCUT2D eigenvalue weighted by Crippen LogP contribution is 2.12. The van der Waals surface area contributed by atoms with Gasteiger partial charge in [-0.25, -0.2) is 0 Å². The lowest BCUT2D eigenvalue weighted by atomic mass is 10.0. The largest absolute Gasteiger partial charge is 0.481 e. The summed E-state index contributed by atoms with van der Waals surface area (Å²) < 4.78 is 0. The lowest BCUT2D eigenvalue weighted by molar-refractivity contribution is -0.137. The molecule has 1 amide bonds. The number of amides is 1. The summed E-state index contributed by atoms with van der Waals surface area (Å²) >= 11 is 0. The summed E-state index contributed by atoms with van der Waals surface area (Å²) in [5.41, 5.74) is 2.62. The fourth-order valence-electron chi connectivity index (χ4n) is 2.12. The Labute approximate surface area is 113 Å². The van der Waals surface area contributed by atoms with Gasteiger partial charge in [-0.15, -0.1) is 0 Å². The van der Waals surface area contributed by atoms with Gasteiger partial charge in [0.2, 0.25) is 0 Å². The first-order valence-corrected chi connectivity index (χ1v) is 6.54. The molecule has 0 heterocycles. The van der Waals surface area contributed by atoms with Crippen LogP contribution in [0.1, 0.15) is 47.7 Å². The van der Waals surface area contributed by atoms with E-state index in [1.54, 1.807) is 6.07 Å². The molecule has 0 saturated carbocycles. The van der Waals surface area contributed by atoms with Gasteiger partial charge in [0.05, 0.1) is 6.42 Å². The van der Waals surface area contributed by atoms with E-state index >= 15 is 0 Å². The number of carbonyl (C=O) groups excluding carboxylic acids is 1. The standard InChI is InChI=1S/C15H21NO3/c1-4-5-12(9-14(17)18)16-15(19)13-7-6-10(2)8-11(13)3/h6-8,12H,4-5,9H2,1-3H3,(H,16,19)(H,17,18). The van der Waals surface area contributed by atoms with Crippen LogP contribution in [0, 0.1) is 13.8 Å². The van der Waals surface area contributed by atoms with E-state index in [0.717, 1.165) is 17.5 Å². The number of nitrogens with one attached hydrogen (secondary N) is 1. The summed E-state index contributed by atoms with van der Waals surface area (Å²) in [6.07, 6.45) is 1.47. The van der Waals surface area contributed by atoms with E-state index in [2.05, 4.69) is 5.32 Å². The highest BCUT2D eigenvalue weighted by molar-refractivity contribution is 5.96. The number of rotatable bonds is 6. The van der Waals surface area contributed by atoms with Gasteiger partial charge in [0, 0.05) is 11.6 Å². The number of hydrogen-bond acceptors (Lipinski definition) is 2. The van der Waals surface area contributed by atoms with Crippen molar-refractivity contribution < 1.29 is 14.7 Å². The number of aliphatic carboxylic acids is 1. The molecule has 104 valence electrons. The van der Waals surface area contributed by atoms with Gasteiger partial charge in [-0.3, -0.25) is 9.59 Å². The summed E-state index contributed by atoms with van der Waals surface area (Å²) in [5.74, 6) is -1.09. The molecule has 1 rings (SSSR count).